The minimum absolute atomic E-state index is 0.0364. The van der Waals surface area contributed by atoms with Crippen molar-refractivity contribution in [2.45, 2.75) is 45.1 Å². The molecule has 150 valence electrons. The van der Waals surface area contributed by atoms with Crippen molar-refractivity contribution < 1.29 is 13.2 Å². The summed E-state index contributed by atoms with van der Waals surface area (Å²) in [4.78, 5) is 23.0. The van der Waals surface area contributed by atoms with Crippen LogP contribution in [0.4, 0.5) is 11.6 Å². The van der Waals surface area contributed by atoms with Crippen LogP contribution in [-0.2, 0) is 14.6 Å². The molecule has 1 aromatic heterocycles. The molecule has 0 unspecified atom stereocenters. The van der Waals surface area contributed by atoms with E-state index in [1.54, 1.807) is 6.33 Å². The first kappa shape index (κ1) is 19.9. The first-order chi connectivity index (χ1) is 12.9. The van der Waals surface area contributed by atoms with Gasteiger partial charge in [-0.05, 0) is 38.5 Å². The Labute approximate surface area is 161 Å². The molecule has 9 heteroatoms. The standard InChI is InChI=1S/C18H29N5O3S/c1-2-19-16-10-17(21-13-20-16)23-8-3-4-14(11-23)5-6-18(24)22-15-7-9-27(25,26)12-15/h10,13-15H,2-9,11-12H2,1H3,(H,22,24)(H,19,20,21)/t14-,15-/m0/s1. The highest BCUT2D eigenvalue weighted by atomic mass is 32.2. The Kier molecular flexibility index (Phi) is 6.51. The summed E-state index contributed by atoms with van der Waals surface area (Å²) < 4.78 is 23.0. The monoisotopic (exact) mass is 395 g/mol. The Balaban J connectivity index is 1.47. The van der Waals surface area contributed by atoms with Gasteiger partial charge in [-0.2, -0.15) is 0 Å². The minimum atomic E-state index is -2.96. The SMILES string of the molecule is CCNc1cc(N2CCC[C@@H](CCC(=O)N[C@H]3CCS(=O)(=O)C3)C2)ncn1. The number of hydrogen-bond donors (Lipinski definition) is 2. The average Bonchev–Trinajstić information content (AvgIpc) is 2.99. The highest BCUT2D eigenvalue weighted by Crippen LogP contribution is 2.25. The molecule has 3 rings (SSSR count). The van der Waals surface area contributed by atoms with E-state index in [9.17, 15) is 13.2 Å². The van der Waals surface area contributed by atoms with E-state index >= 15 is 0 Å². The zero-order valence-electron chi connectivity index (χ0n) is 15.9. The molecule has 2 saturated heterocycles. The molecule has 0 aromatic carbocycles. The van der Waals surface area contributed by atoms with Gasteiger partial charge in [0.1, 0.15) is 18.0 Å². The molecule has 2 aliphatic rings. The van der Waals surface area contributed by atoms with Gasteiger partial charge in [0.2, 0.25) is 5.91 Å². The number of aromatic nitrogens is 2. The first-order valence-electron chi connectivity index (χ1n) is 9.76. The number of carbonyl (C=O) groups excluding carboxylic acids is 1. The maximum atomic E-state index is 12.2. The predicted octanol–water partition coefficient (Wildman–Crippen LogP) is 1.21. The van der Waals surface area contributed by atoms with Crippen molar-refractivity contribution >= 4 is 27.4 Å². The van der Waals surface area contributed by atoms with Crippen molar-refractivity contribution in [3.63, 3.8) is 0 Å². The molecule has 0 saturated carbocycles. The van der Waals surface area contributed by atoms with Gasteiger partial charge in [-0.15, -0.1) is 0 Å². The molecule has 2 atom stereocenters. The largest absolute Gasteiger partial charge is 0.370 e. The molecular weight excluding hydrogens is 366 g/mol. The zero-order valence-corrected chi connectivity index (χ0v) is 16.7. The molecular formula is C18H29N5O3S. The Bertz CT molecular complexity index is 755. The van der Waals surface area contributed by atoms with Gasteiger partial charge in [0.05, 0.1) is 11.5 Å². The molecule has 2 fully saturated rings. The fraction of sp³-hybridized carbons (Fsp3) is 0.722. The van der Waals surface area contributed by atoms with E-state index < -0.39 is 9.84 Å². The highest BCUT2D eigenvalue weighted by molar-refractivity contribution is 7.91. The van der Waals surface area contributed by atoms with Gasteiger partial charge in [0, 0.05) is 38.2 Å². The van der Waals surface area contributed by atoms with Gasteiger partial charge in [0.25, 0.3) is 0 Å². The van der Waals surface area contributed by atoms with Crippen LogP contribution in [0.1, 0.15) is 39.0 Å². The number of amides is 1. The summed E-state index contributed by atoms with van der Waals surface area (Å²) in [5.41, 5.74) is 0. The van der Waals surface area contributed by atoms with Crippen molar-refractivity contribution in [2.75, 3.05) is 41.4 Å². The van der Waals surface area contributed by atoms with Crippen LogP contribution in [0.3, 0.4) is 0 Å². The van der Waals surface area contributed by atoms with E-state index in [4.69, 9.17) is 0 Å². The summed E-state index contributed by atoms with van der Waals surface area (Å²) in [7, 11) is -2.96. The van der Waals surface area contributed by atoms with E-state index in [0.717, 1.165) is 50.5 Å². The fourth-order valence-electron chi connectivity index (χ4n) is 3.85. The molecule has 0 bridgehead atoms. The number of piperidine rings is 1. The predicted molar refractivity (Wildman–Crippen MR) is 106 cm³/mol. The second kappa shape index (κ2) is 8.86. The number of anilines is 2. The number of nitrogens with one attached hydrogen (secondary N) is 2. The van der Waals surface area contributed by atoms with Crippen LogP contribution in [-0.4, -0.2) is 61.5 Å². The molecule has 0 aliphatic carbocycles. The van der Waals surface area contributed by atoms with Crippen molar-refractivity contribution in [2.24, 2.45) is 5.92 Å². The van der Waals surface area contributed by atoms with Crippen molar-refractivity contribution in [1.29, 1.82) is 0 Å². The van der Waals surface area contributed by atoms with Crippen molar-refractivity contribution in [1.82, 2.24) is 15.3 Å². The summed E-state index contributed by atoms with van der Waals surface area (Å²) in [6, 6.07) is 1.76. The van der Waals surface area contributed by atoms with Crippen LogP contribution in [0.5, 0.6) is 0 Å². The number of hydrogen-bond acceptors (Lipinski definition) is 7. The lowest BCUT2D eigenvalue weighted by Crippen LogP contribution is -2.38. The van der Waals surface area contributed by atoms with Crippen molar-refractivity contribution in [3.05, 3.63) is 12.4 Å². The minimum Gasteiger partial charge on any atom is -0.370 e. The van der Waals surface area contributed by atoms with Gasteiger partial charge < -0.3 is 15.5 Å². The van der Waals surface area contributed by atoms with Gasteiger partial charge in [-0.1, -0.05) is 0 Å². The van der Waals surface area contributed by atoms with Crippen LogP contribution in [0.15, 0.2) is 12.4 Å². The van der Waals surface area contributed by atoms with Gasteiger partial charge >= 0.3 is 0 Å². The van der Waals surface area contributed by atoms with Crippen molar-refractivity contribution in [3.8, 4) is 0 Å². The Hall–Kier alpha value is -1.90. The van der Waals surface area contributed by atoms with E-state index in [0.29, 0.717) is 18.8 Å². The topological polar surface area (TPSA) is 104 Å². The van der Waals surface area contributed by atoms with E-state index in [1.807, 2.05) is 13.0 Å². The van der Waals surface area contributed by atoms with Crippen LogP contribution < -0.4 is 15.5 Å². The zero-order chi connectivity index (χ0) is 19.3. The van der Waals surface area contributed by atoms with Gasteiger partial charge in [-0.25, -0.2) is 18.4 Å². The lowest BCUT2D eigenvalue weighted by atomic mass is 9.93. The fourth-order valence-corrected chi connectivity index (χ4v) is 5.52. The summed E-state index contributed by atoms with van der Waals surface area (Å²) >= 11 is 0. The molecule has 3 heterocycles. The average molecular weight is 396 g/mol. The lowest BCUT2D eigenvalue weighted by Gasteiger charge is -2.33. The summed E-state index contributed by atoms with van der Waals surface area (Å²) in [6.07, 6.45) is 5.56. The molecule has 1 aromatic rings. The van der Waals surface area contributed by atoms with Crippen LogP contribution in [0, 0.1) is 5.92 Å². The molecule has 0 spiro atoms. The summed E-state index contributed by atoms with van der Waals surface area (Å²) in [5, 5.41) is 6.08. The number of sulfone groups is 1. The second-order valence-electron chi connectivity index (χ2n) is 7.45. The van der Waals surface area contributed by atoms with Gasteiger partial charge in [0.15, 0.2) is 9.84 Å². The van der Waals surface area contributed by atoms with Crippen LogP contribution in [0.2, 0.25) is 0 Å². The molecule has 2 N–H and O–H groups in total. The lowest BCUT2D eigenvalue weighted by molar-refractivity contribution is -0.121. The molecule has 2 aliphatic heterocycles. The second-order valence-corrected chi connectivity index (χ2v) is 9.68. The Morgan fingerprint density at radius 2 is 2.19 bits per heavy atom. The molecule has 27 heavy (non-hydrogen) atoms. The number of rotatable bonds is 7. The molecule has 8 nitrogen and oxygen atoms in total. The maximum absolute atomic E-state index is 12.2. The third-order valence-electron chi connectivity index (χ3n) is 5.23. The third kappa shape index (κ3) is 5.79. The Morgan fingerprint density at radius 1 is 1.33 bits per heavy atom. The molecule has 0 radical (unpaired) electrons. The van der Waals surface area contributed by atoms with E-state index in [1.165, 1.54) is 0 Å². The number of nitrogens with zero attached hydrogens (tertiary/aromatic N) is 3. The Morgan fingerprint density at radius 3 is 2.93 bits per heavy atom. The first-order valence-corrected chi connectivity index (χ1v) is 11.6. The van der Waals surface area contributed by atoms with E-state index in [-0.39, 0.29) is 23.5 Å². The third-order valence-corrected chi connectivity index (χ3v) is 7.00. The van der Waals surface area contributed by atoms with Crippen LogP contribution >= 0.6 is 0 Å². The summed E-state index contributed by atoms with van der Waals surface area (Å²) in [6.45, 7) is 4.69. The number of carbonyl (C=O) groups is 1. The summed E-state index contributed by atoms with van der Waals surface area (Å²) in [5.74, 6) is 2.42. The quantitative estimate of drug-likeness (QED) is 0.715. The maximum Gasteiger partial charge on any atom is 0.220 e. The highest BCUT2D eigenvalue weighted by Gasteiger charge is 2.29. The molecule has 1 amide bonds. The van der Waals surface area contributed by atoms with Crippen LogP contribution in [0.25, 0.3) is 0 Å². The van der Waals surface area contributed by atoms with Gasteiger partial charge in [-0.3, -0.25) is 4.79 Å². The smallest absolute Gasteiger partial charge is 0.220 e. The normalized spacial score (nSPS) is 24.6. The van der Waals surface area contributed by atoms with E-state index in [2.05, 4.69) is 25.5 Å².